The molecule has 2 atom stereocenters. The van der Waals surface area contributed by atoms with Gasteiger partial charge in [-0.2, -0.15) is 0 Å². The summed E-state index contributed by atoms with van der Waals surface area (Å²) in [7, 11) is 1.96. The van der Waals surface area contributed by atoms with E-state index in [-0.39, 0.29) is 5.91 Å². The van der Waals surface area contributed by atoms with Crippen molar-refractivity contribution in [3.05, 3.63) is 29.8 Å². The first-order valence-corrected chi connectivity index (χ1v) is 7.77. The molecule has 1 N–H and O–H groups in total. The van der Waals surface area contributed by atoms with Crippen LogP contribution in [0.1, 0.15) is 25.3 Å². The molecule has 0 aromatic heterocycles. The third-order valence-electron chi connectivity index (χ3n) is 3.97. The number of likely N-dealkylation sites (tertiary alicyclic amines) is 1. The van der Waals surface area contributed by atoms with Crippen molar-refractivity contribution in [2.24, 2.45) is 5.92 Å². The lowest BCUT2D eigenvalue weighted by atomic mass is 9.97. The Morgan fingerprint density at radius 3 is 3.05 bits per heavy atom. The minimum Gasteiger partial charge on any atom is -0.481 e. The average Bonchev–Trinajstić information content (AvgIpc) is 2.47. The van der Waals surface area contributed by atoms with Crippen LogP contribution in [0.3, 0.4) is 0 Å². The summed E-state index contributed by atoms with van der Waals surface area (Å²) in [6.45, 7) is 6.51. The van der Waals surface area contributed by atoms with Crippen molar-refractivity contribution >= 4 is 5.91 Å². The number of hydrogen-bond donors (Lipinski definition) is 1. The second-order valence-electron chi connectivity index (χ2n) is 5.93. The number of carbonyl (C=O) groups excluding carboxylic acids is 1. The molecule has 1 fully saturated rings. The van der Waals surface area contributed by atoms with Gasteiger partial charge in [0.1, 0.15) is 5.75 Å². The van der Waals surface area contributed by atoms with E-state index < -0.39 is 6.10 Å². The Labute approximate surface area is 127 Å². The number of nitrogens with one attached hydrogen (secondary N) is 1. The average molecular weight is 290 g/mol. The highest BCUT2D eigenvalue weighted by Gasteiger charge is 2.27. The molecule has 0 radical (unpaired) electrons. The van der Waals surface area contributed by atoms with E-state index >= 15 is 0 Å². The number of amides is 1. The lowest BCUT2D eigenvalue weighted by molar-refractivity contribution is -0.139. The maximum absolute atomic E-state index is 12.5. The fraction of sp³-hybridized carbons (Fsp3) is 0.588. The van der Waals surface area contributed by atoms with E-state index in [1.54, 1.807) is 0 Å². The van der Waals surface area contributed by atoms with Crippen LogP contribution in [0.2, 0.25) is 0 Å². The quantitative estimate of drug-likeness (QED) is 0.904. The zero-order chi connectivity index (χ0) is 15.2. The summed E-state index contributed by atoms with van der Waals surface area (Å²) in [5.41, 5.74) is 1.14. The smallest absolute Gasteiger partial charge is 0.263 e. The van der Waals surface area contributed by atoms with Crippen LogP contribution in [0.4, 0.5) is 0 Å². The SMILES string of the molecule is CNCC1CCCN(C(=O)C(C)Oc2cccc(C)c2)C1. The van der Waals surface area contributed by atoms with Crippen LogP contribution in [0.25, 0.3) is 0 Å². The Bertz CT molecular complexity index is 474. The predicted octanol–water partition coefficient (Wildman–Crippen LogP) is 2.22. The first-order chi connectivity index (χ1) is 10.1. The summed E-state index contributed by atoms with van der Waals surface area (Å²) < 4.78 is 5.80. The fourth-order valence-corrected chi connectivity index (χ4v) is 2.92. The van der Waals surface area contributed by atoms with Crippen molar-refractivity contribution in [1.82, 2.24) is 10.2 Å². The molecule has 1 aliphatic rings. The lowest BCUT2D eigenvalue weighted by Crippen LogP contribution is -2.47. The number of carbonyl (C=O) groups is 1. The Kier molecular flexibility index (Phi) is 5.62. The molecule has 1 aromatic carbocycles. The number of nitrogens with zero attached hydrogens (tertiary/aromatic N) is 1. The zero-order valence-electron chi connectivity index (χ0n) is 13.3. The highest BCUT2D eigenvalue weighted by molar-refractivity contribution is 5.81. The number of rotatable bonds is 5. The molecule has 0 saturated carbocycles. The number of benzene rings is 1. The molecule has 21 heavy (non-hydrogen) atoms. The number of piperidine rings is 1. The fourth-order valence-electron chi connectivity index (χ4n) is 2.92. The van der Waals surface area contributed by atoms with Crippen molar-refractivity contribution in [2.75, 3.05) is 26.7 Å². The Morgan fingerprint density at radius 1 is 1.52 bits per heavy atom. The van der Waals surface area contributed by atoms with Gasteiger partial charge in [0, 0.05) is 13.1 Å². The molecule has 0 bridgehead atoms. The largest absolute Gasteiger partial charge is 0.481 e. The summed E-state index contributed by atoms with van der Waals surface area (Å²) in [5.74, 6) is 1.41. The van der Waals surface area contributed by atoms with Gasteiger partial charge in [-0.25, -0.2) is 0 Å². The topological polar surface area (TPSA) is 41.6 Å². The van der Waals surface area contributed by atoms with Gasteiger partial charge in [0.25, 0.3) is 5.91 Å². The minimum absolute atomic E-state index is 0.0947. The van der Waals surface area contributed by atoms with Crippen molar-refractivity contribution in [1.29, 1.82) is 0 Å². The second-order valence-corrected chi connectivity index (χ2v) is 5.93. The van der Waals surface area contributed by atoms with Gasteiger partial charge in [0.2, 0.25) is 0 Å². The molecule has 1 heterocycles. The molecule has 1 aromatic rings. The molecule has 1 saturated heterocycles. The number of ether oxygens (including phenoxy) is 1. The molecule has 1 amide bonds. The van der Waals surface area contributed by atoms with E-state index in [4.69, 9.17) is 4.74 Å². The molecule has 4 heteroatoms. The second kappa shape index (κ2) is 7.46. The molecule has 2 unspecified atom stereocenters. The van der Waals surface area contributed by atoms with Crippen LogP contribution in [-0.2, 0) is 4.79 Å². The molecule has 4 nitrogen and oxygen atoms in total. The van der Waals surface area contributed by atoms with Crippen LogP contribution in [0.5, 0.6) is 5.75 Å². The summed E-state index contributed by atoms with van der Waals surface area (Å²) >= 11 is 0. The maximum atomic E-state index is 12.5. The van der Waals surface area contributed by atoms with Gasteiger partial charge in [-0.05, 0) is 63.9 Å². The predicted molar refractivity (Wildman–Crippen MR) is 84.5 cm³/mol. The van der Waals surface area contributed by atoms with E-state index in [1.807, 2.05) is 50.1 Å². The Hall–Kier alpha value is -1.55. The molecular weight excluding hydrogens is 264 g/mol. The summed E-state index contributed by atoms with van der Waals surface area (Å²) in [6, 6.07) is 7.83. The van der Waals surface area contributed by atoms with Crippen molar-refractivity contribution in [2.45, 2.75) is 32.8 Å². The van der Waals surface area contributed by atoms with E-state index in [0.29, 0.717) is 5.92 Å². The molecule has 2 rings (SSSR count). The van der Waals surface area contributed by atoms with Gasteiger partial charge in [-0.15, -0.1) is 0 Å². The third-order valence-corrected chi connectivity index (χ3v) is 3.97. The van der Waals surface area contributed by atoms with Crippen LogP contribution >= 0.6 is 0 Å². The normalized spacial score (nSPS) is 20.1. The van der Waals surface area contributed by atoms with Crippen LogP contribution in [-0.4, -0.2) is 43.6 Å². The van der Waals surface area contributed by atoms with Crippen LogP contribution < -0.4 is 10.1 Å². The molecule has 1 aliphatic heterocycles. The number of hydrogen-bond acceptors (Lipinski definition) is 3. The molecule has 0 spiro atoms. The van der Waals surface area contributed by atoms with Crippen molar-refractivity contribution in [3.8, 4) is 5.75 Å². The van der Waals surface area contributed by atoms with Crippen molar-refractivity contribution < 1.29 is 9.53 Å². The molecule has 116 valence electrons. The van der Waals surface area contributed by atoms with Gasteiger partial charge in [-0.3, -0.25) is 4.79 Å². The Morgan fingerprint density at radius 2 is 2.33 bits per heavy atom. The molecule has 0 aliphatic carbocycles. The lowest BCUT2D eigenvalue weighted by Gasteiger charge is -2.34. The van der Waals surface area contributed by atoms with Gasteiger partial charge in [-0.1, -0.05) is 12.1 Å². The van der Waals surface area contributed by atoms with E-state index in [9.17, 15) is 4.79 Å². The maximum Gasteiger partial charge on any atom is 0.263 e. The van der Waals surface area contributed by atoms with Crippen LogP contribution in [0, 0.1) is 12.8 Å². The Balaban J connectivity index is 1.92. The van der Waals surface area contributed by atoms with Gasteiger partial charge in [0.15, 0.2) is 6.10 Å². The first-order valence-electron chi connectivity index (χ1n) is 7.77. The minimum atomic E-state index is -0.430. The summed E-state index contributed by atoms with van der Waals surface area (Å²) in [4.78, 5) is 14.5. The summed E-state index contributed by atoms with van der Waals surface area (Å²) in [6.07, 6.45) is 1.84. The number of aryl methyl sites for hydroxylation is 1. The van der Waals surface area contributed by atoms with Gasteiger partial charge in [0.05, 0.1) is 0 Å². The monoisotopic (exact) mass is 290 g/mol. The molecular formula is C17H26N2O2. The van der Waals surface area contributed by atoms with E-state index in [0.717, 1.165) is 37.4 Å². The van der Waals surface area contributed by atoms with Crippen LogP contribution in [0.15, 0.2) is 24.3 Å². The third kappa shape index (κ3) is 4.46. The van der Waals surface area contributed by atoms with Crippen molar-refractivity contribution in [3.63, 3.8) is 0 Å². The zero-order valence-corrected chi connectivity index (χ0v) is 13.3. The highest BCUT2D eigenvalue weighted by Crippen LogP contribution is 2.19. The van der Waals surface area contributed by atoms with E-state index in [1.165, 1.54) is 6.42 Å². The highest BCUT2D eigenvalue weighted by atomic mass is 16.5. The summed E-state index contributed by atoms with van der Waals surface area (Å²) in [5, 5.41) is 3.20. The van der Waals surface area contributed by atoms with Gasteiger partial charge < -0.3 is 15.0 Å². The van der Waals surface area contributed by atoms with Gasteiger partial charge >= 0.3 is 0 Å². The first kappa shape index (κ1) is 15.8. The van der Waals surface area contributed by atoms with E-state index in [2.05, 4.69) is 5.32 Å². The standard InChI is InChI=1S/C17H26N2O2/c1-13-6-4-8-16(10-13)21-14(2)17(20)19-9-5-7-15(12-19)11-18-3/h4,6,8,10,14-15,18H,5,7,9,11-12H2,1-3H3.